The molecule has 2 bridgehead atoms. The number of piperidine rings is 1. The monoisotopic (exact) mass is 303 g/mol. The summed E-state index contributed by atoms with van der Waals surface area (Å²) in [6.45, 7) is 2.59. The van der Waals surface area contributed by atoms with Crippen LogP contribution in [-0.2, 0) is 6.18 Å². The molecule has 114 valence electrons. The van der Waals surface area contributed by atoms with Crippen LogP contribution in [0.3, 0.4) is 0 Å². The number of pyridine rings is 1. The van der Waals surface area contributed by atoms with E-state index in [4.69, 9.17) is 0 Å². The van der Waals surface area contributed by atoms with Gasteiger partial charge in [0.1, 0.15) is 5.69 Å². The lowest BCUT2D eigenvalue weighted by molar-refractivity contribution is -0.140. The van der Waals surface area contributed by atoms with Crippen molar-refractivity contribution in [2.75, 3.05) is 19.6 Å². The highest BCUT2D eigenvalue weighted by atomic mass is 19.4. The summed E-state index contributed by atoms with van der Waals surface area (Å²) >= 11 is 0. The molecular weight excluding hydrogens is 290 g/mol. The lowest BCUT2D eigenvalue weighted by atomic mass is 10.00. The number of aromatic nitrogens is 1. The molecule has 3 atom stereocenters. The number of rotatable bonds is 2. The van der Waals surface area contributed by atoms with Gasteiger partial charge in [0.25, 0.3) is 5.91 Å². The third-order valence-corrected chi connectivity index (χ3v) is 4.04. The quantitative estimate of drug-likeness (QED) is 0.846. The van der Waals surface area contributed by atoms with Crippen LogP contribution in [0.4, 0.5) is 17.6 Å². The van der Waals surface area contributed by atoms with Crippen LogP contribution in [-0.4, -0.2) is 41.5 Å². The topological polar surface area (TPSA) is 45.2 Å². The van der Waals surface area contributed by atoms with Gasteiger partial charge in [-0.15, -0.1) is 0 Å². The molecule has 2 unspecified atom stereocenters. The van der Waals surface area contributed by atoms with Gasteiger partial charge in [-0.1, -0.05) is 0 Å². The van der Waals surface area contributed by atoms with Gasteiger partial charge in [-0.25, -0.2) is 9.37 Å². The van der Waals surface area contributed by atoms with Crippen LogP contribution in [0, 0.1) is 11.7 Å². The van der Waals surface area contributed by atoms with Crippen LogP contribution < -0.4 is 5.32 Å². The van der Waals surface area contributed by atoms with Crippen molar-refractivity contribution < 1.29 is 22.4 Å². The fourth-order valence-electron chi connectivity index (χ4n) is 2.97. The normalized spacial score (nSPS) is 27.9. The molecule has 3 rings (SSSR count). The molecule has 8 heteroatoms. The van der Waals surface area contributed by atoms with Gasteiger partial charge >= 0.3 is 6.18 Å². The zero-order chi connectivity index (χ0) is 15.2. The Labute approximate surface area is 118 Å². The number of alkyl halides is 3. The average Bonchev–Trinajstić information content (AvgIpc) is 3.00. The first-order valence-electron chi connectivity index (χ1n) is 6.60. The largest absolute Gasteiger partial charge is 0.419 e. The van der Waals surface area contributed by atoms with Gasteiger partial charge in [0, 0.05) is 19.1 Å². The summed E-state index contributed by atoms with van der Waals surface area (Å²) in [7, 11) is 0. The van der Waals surface area contributed by atoms with Crippen molar-refractivity contribution in [3.8, 4) is 0 Å². The highest BCUT2D eigenvalue weighted by molar-refractivity contribution is 5.92. The maximum absolute atomic E-state index is 13.1. The molecule has 2 saturated heterocycles. The van der Waals surface area contributed by atoms with Crippen LogP contribution in [0.15, 0.2) is 12.3 Å². The predicted octanol–water partition coefficient (Wildman–Crippen LogP) is 1.67. The maximum Gasteiger partial charge on any atom is 0.419 e. The van der Waals surface area contributed by atoms with Crippen LogP contribution in [0.1, 0.15) is 22.5 Å². The Morgan fingerprint density at radius 2 is 2.14 bits per heavy atom. The van der Waals surface area contributed by atoms with E-state index in [1.54, 1.807) is 0 Å². The minimum Gasteiger partial charge on any atom is -0.346 e. The van der Waals surface area contributed by atoms with Crippen molar-refractivity contribution in [3.05, 3.63) is 29.3 Å². The van der Waals surface area contributed by atoms with Gasteiger partial charge in [0.05, 0.1) is 11.8 Å². The lowest BCUT2D eigenvalue weighted by Crippen LogP contribution is -2.43. The van der Waals surface area contributed by atoms with E-state index >= 15 is 0 Å². The standard InChI is InChI=1S/C13H13F4N3O/c14-9-4-18-10(3-8(9)13(15,16)17)12(21)19-11-6-20-2-1-7(11)5-20/h3-4,7,11H,1-2,5-6H2,(H,19,21)/t7-,11?/m0/s1. The first-order valence-corrected chi connectivity index (χ1v) is 6.60. The molecular formula is C13H13F4N3O. The minimum absolute atomic E-state index is 0.0764. The fraction of sp³-hybridized carbons (Fsp3) is 0.538. The number of fused-ring (bicyclic) bond motifs is 2. The first kappa shape index (κ1) is 14.2. The van der Waals surface area contributed by atoms with Crippen LogP contribution >= 0.6 is 0 Å². The summed E-state index contributed by atoms with van der Waals surface area (Å²) in [4.78, 5) is 17.6. The lowest BCUT2D eigenvalue weighted by Gasteiger charge is -2.23. The van der Waals surface area contributed by atoms with E-state index in [0.29, 0.717) is 24.7 Å². The minimum atomic E-state index is -4.85. The molecule has 1 aromatic rings. The first-order chi connectivity index (χ1) is 9.84. The van der Waals surface area contributed by atoms with E-state index in [0.717, 1.165) is 19.5 Å². The number of hydrogen-bond acceptors (Lipinski definition) is 3. The van der Waals surface area contributed by atoms with Gasteiger partial charge in [-0.3, -0.25) is 4.79 Å². The Hall–Kier alpha value is -1.70. The van der Waals surface area contributed by atoms with Crippen molar-refractivity contribution in [2.24, 2.45) is 5.92 Å². The summed E-state index contributed by atoms with van der Waals surface area (Å²) in [5.41, 5.74) is -1.89. The summed E-state index contributed by atoms with van der Waals surface area (Å²) in [6.07, 6.45) is -3.45. The highest BCUT2D eigenvalue weighted by Gasteiger charge is 2.39. The van der Waals surface area contributed by atoms with Crippen molar-refractivity contribution in [2.45, 2.75) is 18.6 Å². The predicted molar refractivity (Wildman–Crippen MR) is 65.0 cm³/mol. The second-order valence-corrected chi connectivity index (χ2v) is 5.44. The highest BCUT2D eigenvalue weighted by Crippen LogP contribution is 2.31. The number of carbonyl (C=O) groups is 1. The van der Waals surface area contributed by atoms with Crippen LogP contribution in [0.2, 0.25) is 0 Å². The van der Waals surface area contributed by atoms with Crippen LogP contribution in [0.25, 0.3) is 0 Å². The van der Waals surface area contributed by atoms with Gasteiger partial charge < -0.3 is 10.2 Å². The van der Waals surface area contributed by atoms with Gasteiger partial charge in [0.2, 0.25) is 0 Å². The van der Waals surface area contributed by atoms with Gasteiger partial charge in [-0.2, -0.15) is 13.2 Å². The third kappa shape index (κ3) is 2.72. The number of nitrogens with one attached hydrogen (secondary N) is 1. The Morgan fingerprint density at radius 1 is 1.38 bits per heavy atom. The van der Waals surface area contributed by atoms with E-state index in [2.05, 4.69) is 15.2 Å². The number of amides is 1. The molecule has 1 N–H and O–H groups in total. The van der Waals surface area contributed by atoms with Gasteiger partial charge in [0.15, 0.2) is 5.82 Å². The van der Waals surface area contributed by atoms with Crippen LogP contribution in [0.5, 0.6) is 0 Å². The zero-order valence-corrected chi connectivity index (χ0v) is 11.0. The molecule has 2 aliphatic heterocycles. The molecule has 4 nitrogen and oxygen atoms in total. The second-order valence-electron chi connectivity index (χ2n) is 5.44. The van der Waals surface area contributed by atoms with Gasteiger partial charge in [-0.05, 0) is 24.9 Å². The molecule has 2 fully saturated rings. The van der Waals surface area contributed by atoms with Crippen molar-refractivity contribution >= 4 is 5.91 Å². The third-order valence-electron chi connectivity index (χ3n) is 4.04. The summed E-state index contributed by atoms with van der Waals surface area (Å²) in [5, 5.41) is 2.69. The van der Waals surface area contributed by atoms with E-state index in [9.17, 15) is 22.4 Å². The molecule has 0 saturated carbocycles. The molecule has 1 aromatic heterocycles. The maximum atomic E-state index is 13.1. The Morgan fingerprint density at radius 3 is 2.71 bits per heavy atom. The van der Waals surface area contributed by atoms with Crippen molar-refractivity contribution in [3.63, 3.8) is 0 Å². The smallest absolute Gasteiger partial charge is 0.346 e. The number of halogens is 4. The molecule has 0 aromatic carbocycles. The Bertz CT molecular complexity index is 575. The average molecular weight is 303 g/mol. The number of nitrogens with zero attached hydrogens (tertiary/aromatic N) is 2. The summed E-state index contributed by atoms with van der Waals surface area (Å²) in [5.74, 6) is -1.85. The molecule has 0 radical (unpaired) electrons. The molecule has 1 amide bonds. The van der Waals surface area contributed by atoms with E-state index < -0.39 is 29.2 Å². The molecule has 0 spiro atoms. The van der Waals surface area contributed by atoms with E-state index in [-0.39, 0.29) is 6.04 Å². The Kier molecular flexibility index (Phi) is 3.35. The number of carbonyl (C=O) groups excluding carboxylic acids is 1. The SMILES string of the molecule is O=C(NC1CN2CC[C@H]1C2)c1cc(C(F)(F)F)c(F)cn1. The molecule has 0 aliphatic carbocycles. The van der Waals surface area contributed by atoms with E-state index in [1.165, 1.54) is 0 Å². The molecule has 3 heterocycles. The molecule has 21 heavy (non-hydrogen) atoms. The fourth-order valence-corrected chi connectivity index (χ4v) is 2.97. The second kappa shape index (κ2) is 4.94. The van der Waals surface area contributed by atoms with E-state index in [1.807, 2.05) is 0 Å². The zero-order valence-electron chi connectivity index (χ0n) is 11.0. The number of hydrogen-bond donors (Lipinski definition) is 1. The summed E-state index contributed by atoms with van der Waals surface area (Å²) < 4.78 is 51.0. The van der Waals surface area contributed by atoms with Crippen molar-refractivity contribution in [1.29, 1.82) is 0 Å². The Balaban J connectivity index is 1.76. The molecule has 2 aliphatic rings. The summed E-state index contributed by atoms with van der Waals surface area (Å²) in [6, 6.07) is 0.380. The van der Waals surface area contributed by atoms with Crippen molar-refractivity contribution in [1.82, 2.24) is 15.2 Å².